The summed E-state index contributed by atoms with van der Waals surface area (Å²) in [4.78, 5) is 24.3. The number of nitrogens with zero attached hydrogens (tertiary/aromatic N) is 1. The first kappa shape index (κ1) is 11.9. The second-order valence-corrected chi connectivity index (χ2v) is 4.40. The van der Waals surface area contributed by atoms with Crippen molar-refractivity contribution < 1.29 is 14.3 Å². The number of ether oxygens (including phenoxy) is 1. The monoisotopic (exact) mass is 298 g/mol. The summed E-state index contributed by atoms with van der Waals surface area (Å²) in [6.07, 6.45) is 0.293. The molecule has 6 heteroatoms. The lowest BCUT2D eigenvalue weighted by molar-refractivity contribution is -0.120. The minimum Gasteiger partial charge on any atom is -0.493 e. The molecule has 3 amide bonds. The van der Waals surface area contributed by atoms with Gasteiger partial charge < -0.3 is 4.74 Å². The Balaban J connectivity index is 2.37. The molecular formula is C11H11BrN2O3. The third-order valence-corrected chi connectivity index (χ3v) is 3.12. The number of carbonyl (C=O) groups excluding carboxylic acids is 2. The van der Waals surface area contributed by atoms with Gasteiger partial charge in [-0.2, -0.15) is 0 Å². The van der Waals surface area contributed by atoms with E-state index in [1.165, 1.54) is 12.0 Å². The van der Waals surface area contributed by atoms with Gasteiger partial charge in [0.05, 0.1) is 17.3 Å². The van der Waals surface area contributed by atoms with Gasteiger partial charge in [0.25, 0.3) is 0 Å². The number of hydrogen-bond acceptors (Lipinski definition) is 3. The van der Waals surface area contributed by atoms with Crippen LogP contribution in [0, 0.1) is 0 Å². The molecule has 17 heavy (non-hydrogen) atoms. The van der Waals surface area contributed by atoms with Crippen LogP contribution in [0.15, 0.2) is 22.7 Å². The smallest absolute Gasteiger partial charge is 0.328 e. The van der Waals surface area contributed by atoms with Crippen molar-refractivity contribution in [2.24, 2.45) is 0 Å². The van der Waals surface area contributed by atoms with Gasteiger partial charge in [-0.3, -0.25) is 15.0 Å². The summed E-state index contributed by atoms with van der Waals surface area (Å²) < 4.78 is 6.02. The maximum atomic E-state index is 11.7. The molecule has 90 valence electrons. The number of imide groups is 1. The molecule has 1 aliphatic heterocycles. The Morgan fingerprint density at radius 1 is 1.41 bits per heavy atom. The largest absolute Gasteiger partial charge is 0.493 e. The van der Waals surface area contributed by atoms with Crippen molar-refractivity contribution >= 4 is 33.6 Å². The summed E-state index contributed by atoms with van der Waals surface area (Å²) in [5, 5.41) is 2.28. The maximum absolute atomic E-state index is 11.7. The molecule has 1 aromatic rings. The predicted molar refractivity (Wildman–Crippen MR) is 66.2 cm³/mol. The standard InChI is InChI=1S/C11H11BrN2O3/c1-17-10-7(12)3-2-4-8(10)14-6-5-9(15)13-11(14)16/h2-4H,5-6H2,1H3,(H,13,15,16). The molecule has 0 atom stereocenters. The molecule has 0 saturated carbocycles. The summed E-state index contributed by atoms with van der Waals surface area (Å²) in [6, 6.07) is 5.00. The SMILES string of the molecule is COc1c(Br)cccc1N1CCC(=O)NC1=O. The van der Waals surface area contributed by atoms with Gasteiger partial charge in [0.2, 0.25) is 5.91 Å². The second-order valence-electron chi connectivity index (χ2n) is 3.55. The predicted octanol–water partition coefficient (Wildman–Crippen LogP) is 1.90. The number of benzene rings is 1. The molecule has 1 N–H and O–H groups in total. The Bertz CT molecular complexity index is 476. The molecule has 2 rings (SSSR count). The number of methoxy groups -OCH3 is 1. The van der Waals surface area contributed by atoms with Crippen molar-refractivity contribution in [1.82, 2.24) is 5.32 Å². The van der Waals surface area contributed by atoms with Crippen LogP contribution in [0.2, 0.25) is 0 Å². The molecule has 0 unspecified atom stereocenters. The third-order valence-electron chi connectivity index (χ3n) is 2.50. The van der Waals surface area contributed by atoms with Crippen molar-refractivity contribution in [3.63, 3.8) is 0 Å². The van der Waals surface area contributed by atoms with E-state index >= 15 is 0 Å². The van der Waals surface area contributed by atoms with E-state index in [9.17, 15) is 9.59 Å². The molecule has 0 aromatic heterocycles. The first-order chi connectivity index (χ1) is 8.13. The minimum absolute atomic E-state index is 0.250. The van der Waals surface area contributed by atoms with Crippen LogP contribution < -0.4 is 15.0 Å². The van der Waals surface area contributed by atoms with E-state index in [2.05, 4.69) is 21.2 Å². The minimum atomic E-state index is -0.419. The fourth-order valence-corrected chi connectivity index (χ4v) is 2.22. The van der Waals surface area contributed by atoms with Crippen LogP contribution >= 0.6 is 15.9 Å². The van der Waals surface area contributed by atoms with Crippen LogP contribution in [-0.4, -0.2) is 25.6 Å². The fourth-order valence-electron chi connectivity index (χ4n) is 1.71. The number of amides is 3. The summed E-state index contributed by atoms with van der Waals surface area (Å²) in [7, 11) is 1.54. The number of urea groups is 1. The van der Waals surface area contributed by atoms with E-state index < -0.39 is 6.03 Å². The van der Waals surface area contributed by atoms with Crippen molar-refractivity contribution in [3.8, 4) is 5.75 Å². The third kappa shape index (κ3) is 2.26. The molecule has 0 spiro atoms. The van der Waals surface area contributed by atoms with Crippen molar-refractivity contribution in [1.29, 1.82) is 0 Å². The van der Waals surface area contributed by atoms with Crippen LogP contribution in [0.5, 0.6) is 5.75 Å². The fraction of sp³-hybridized carbons (Fsp3) is 0.273. The van der Waals surface area contributed by atoms with E-state index in [-0.39, 0.29) is 5.91 Å². The average Bonchev–Trinajstić information content (AvgIpc) is 2.29. The van der Waals surface area contributed by atoms with Gasteiger partial charge in [0.1, 0.15) is 0 Å². The number of para-hydroxylation sites is 1. The van der Waals surface area contributed by atoms with Gasteiger partial charge in [-0.1, -0.05) is 6.07 Å². The molecule has 1 saturated heterocycles. The Hall–Kier alpha value is -1.56. The maximum Gasteiger partial charge on any atom is 0.328 e. The Labute approximate surface area is 107 Å². The highest BCUT2D eigenvalue weighted by molar-refractivity contribution is 9.10. The number of anilines is 1. The highest BCUT2D eigenvalue weighted by Gasteiger charge is 2.26. The van der Waals surface area contributed by atoms with Crippen molar-refractivity contribution in [3.05, 3.63) is 22.7 Å². The molecule has 0 bridgehead atoms. The molecule has 1 heterocycles. The number of carbonyl (C=O) groups is 2. The van der Waals surface area contributed by atoms with Gasteiger partial charge in [0, 0.05) is 13.0 Å². The average molecular weight is 299 g/mol. The normalized spacial score (nSPS) is 15.8. The number of rotatable bonds is 2. The Morgan fingerprint density at radius 2 is 2.18 bits per heavy atom. The number of nitrogens with one attached hydrogen (secondary N) is 1. The summed E-state index contributed by atoms with van der Waals surface area (Å²) in [6.45, 7) is 0.359. The Morgan fingerprint density at radius 3 is 2.82 bits per heavy atom. The highest BCUT2D eigenvalue weighted by Crippen LogP contribution is 2.35. The number of hydrogen-bond donors (Lipinski definition) is 1. The lowest BCUT2D eigenvalue weighted by Gasteiger charge is -2.28. The number of halogens is 1. The zero-order valence-electron chi connectivity index (χ0n) is 9.20. The molecule has 5 nitrogen and oxygen atoms in total. The molecule has 1 fully saturated rings. The Kier molecular flexibility index (Phi) is 3.33. The lowest BCUT2D eigenvalue weighted by Crippen LogP contribution is -2.49. The van der Waals surface area contributed by atoms with E-state index in [0.29, 0.717) is 24.4 Å². The quantitative estimate of drug-likeness (QED) is 0.907. The zero-order chi connectivity index (χ0) is 12.4. The summed E-state index contributed by atoms with van der Waals surface area (Å²) in [5.41, 5.74) is 0.645. The second kappa shape index (κ2) is 4.75. The lowest BCUT2D eigenvalue weighted by atomic mass is 10.2. The van der Waals surface area contributed by atoms with Crippen LogP contribution in [0.3, 0.4) is 0 Å². The summed E-state index contributed by atoms with van der Waals surface area (Å²) >= 11 is 3.36. The van der Waals surface area contributed by atoms with Crippen molar-refractivity contribution in [2.45, 2.75) is 6.42 Å². The van der Waals surface area contributed by atoms with Crippen LogP contribution in [0.4, 0.5) is 10.5 Å². The van der Waals surface area contributed by atoms with Gasteiger partial charge >= 0.3 is 6.03 Å². The molecule has 1 aromatic carbocycles. The highest BCUT2D eigenvalue weighted by atomic mass is 79.9. The van der Waals surface area contributed by atoms with Crippen molar-refractivity contribution in [2.75, 3.05) is 18.6 Å². The van der Waals surface area contributed by atoms with E-state index in [1.54, 1.807) is 6.07 Å². The van der Waals surface area contributed by atoms with E-state index in [0.717, 1.165) is 4.47 Å². The topological polar surface area (TPSA) is 58.6 Å². The van der Waals surface area contributed by atoms with E-state index in [1.807, 2.05) is 12.1 Å². The van der Waals surface area contributed by atoms with Gasteiger partial charge in [-0.25, -0.2) is 4.79 Å². The zero-order valence-corrected chi connectivity index (χ0v) is 10.8. The van der Waals surface area contributed by atoms with E-state index in [4.69, 9.17) is 4.74 Å². The molecule has 0 aliphatic carbocycles. The van der Waals surface area contributed by atoms with Gasteiger partial charge in [-0.05, 0) is 28.1 Å². The van der Waals surface area contributed by atoms with Crippen LogP contribution in [-0.2, 0) is 4.79 Å². The molecule has 0 radical (unpaired) electrons. The van der Waals surface area contributed by atoms with Gasteiger partial charge in [-0.15, -0.1) is 0 Å². The van der Waals surface area contributed by atoms with Crippen LogP contribution in [0.25, 0.3) is 0 Å². The first-order valence-corrected chi connectivity index (χ1v) is 5.86. The van der Waals surface area contributed by atoms with Crippen LogP contribution in [0.1, 0.15) is 6.42 Å². The van der Waals surface area contributed by atoms with Gasteiger partial charge in [0.15, 0.2) is 5.75 Å². The molecular weight excluding hydrogens is 288 g/mol. The molecule has 1 aliphatic rings. The summed E-state index contributed by atoms with van der Waals surface area (Å²) in [5.74, 6) is 0.331. The first-order valence-electron chi connectivity index (χ1n) is 5.07.